The number of hydrogen-bond acceptors (Lipinski definition) is 11. The molecular weight excluding hydrogens is 941 g/mol. The third-order valence-electron chi connectivity index (χ3n) is 14.6. The molecule has 5 heterocycles. The summed E-state index contributed by atoms with van der Waals surface area (Å²) in [5, 5.41) is 17.0. The normalized spacial score (nSPS) is 20.3. The maximum Gasteiger partial charge on any atom is 0.255 e. The number of aliphatic hydroxyl groups is 1. The van der Waals surface area contributed by atoms with E-state index in [0.717, 1.165) is 59.0 Å². The number of nitrogens with zero attached hydrogens (tertiary/aromatic N) is 4. The average molecular weight is 1000 g/mol. The van der Waals surface area contributed by atoms with Crippen molar-refractivity contribution in [2.75, 3.05) is 31.2 Å². The van der Waals surface area contributed by atoms with Gasteiger partial charge in [0.2, 0.25) is 17.7 Å². The molecule has 4 amide bonds. The lowest BCUT2D eigenvalue weighted by atomic mass is 9.91. The van der Waals surface area contributed by atoms with Crippen LogP contribution in [-0.4, -0.2) is 100 Å². The van der Waals surface area contributed by atoms with Gasteiger partial charge in [0.1, 0.15) is 41.5 Å². The van der Waals surface area contributed by atoms with E-state index in [1.807, 2.05) is 111 Å². The number of anilines is 1. The lowest BCUT2D eigenvalue weighted by Crippen LogP contribution is -2.55. The number of thiazole rings is 1. The minimum absolute atomic E-state index is 0.00438. The van der Waals surface area contributed by atoms with Crippen LogP contribution in [0.2, 0.25) is 0 Å². The number of carbonyl (C=O) groups is 4. The zero-order valence-corrected chi connectivity index (χ0v) is 42.3. The first kappa shape index (κ1) is 49.5. The number of carbonyl (C=O) groups excluding carboxylic acids is 4. The number of aromatic nitrogens is 1. The molecule has 10 rings (SSSR count). The number of hydrogen-bond donors (Lipinski definition) is 3. The third-order valence-corrected chi connectivity index (χ3v) is 15.5. The first-order valence-corrected chi connectivity index (χ1v) is 26.2. The Labute approximate surface area is 430 Å². The first-order chi connectivity index (χ1) is 35.4. The molecule has 4 aliphatic rings. The standard InChI is InChI=1S/C58H62N6O8S/c1-36(2)53(58(69)63-33-45(65)28-51(63)55(66)59-30-38-12-16-40(17-13-38)41-22-24-70-25-23-41)64-32-43-26-48(20-21-50(43)57(64)68)72-49-29-52(56(67)60-31-39-14-18-42(19-15-39)54-37(3)61-35-73-54)62(34-49)44-8-7-11-47(27-44)71-46-9-5-4-6-10-46/h4-21,26-27,35-36,41,45,49,51-53,65H,22-25,28-34H2,1-3H3,(H,59,66)(H,60,67)/t45-,49-,51+,52+,53+/m1/s1. The van der Waals surface area contributed by atoms with E-state index in [9.17, 15) is 24.3 Å². The minimum Gasteiger partial charge on any atom is -0.488 e. The highest BCUT2D eigenvalue weighted by atomic mass is 32.1. The van der Waals surface area contributed by atoms with Gasteiger partial charge in [0.15, 0.2) is 0 Å². The summed E-state index contributed by atoms with van der Waals surface area (Å²) in [7, 11) is 0. The Bertz CT molecular complexity index is 2920. The van der Waals surface area contributed by atoms with Crippen molar-refractivity contribution in [1.29, 1.82) is 0 Å². The van der Waals surface area contributed by atoms with Gasteiger partial charge in [-0.15, -0.1) is 11.3 Å². The molecular formula is C58H62N6O8S. The monoisotopic (exact) mass is 1000 g/mol. The molecule has 3 saturated heterocycles. The van der Waals surface area contributed by atoms with Crippen molar-refractivity contribution in [3.63, 3.8) is 0 Å². The summed E-state index contributed by atoms with van der Waals surface area (Å²) in [6.07, 6.45) is 1.21. The van der Waals surface area contributed by atoms with Gasteiger partial charge in [0.05, 0.1) is 28.7 Å². The molecule has 0 saturated carbocycles. The number of aliphatic hydroxyl groups excluding tert-OH is 1. The average Bonchev–Trinajstić information content (AvgIpc) is 4.21. The number of benzene rings is 5. The lowest BCUT2D eigenvalue weighted by molar-refractivity contribution is -0.143. The van der Waals surface area contributed by atoms with E-state index in [2.05, 4.69) is 44.8 Å². The molecule has 0 bridgehead atoms. The number of likely N-dealkylation sites (tertiary alicyclic amines) is 1. The Morgan fingerprint density at radius 3 is 2.19 bits per heavy atom. The van der Waals surface area contributed by atoms with Gasteiger partial charge in [0, 0.05) is 69.6 Å². The highest BCUT2D eigenvalue weighted by molar-refractivity contribution is 7.13. The molecule has 4 aliphatic heterocycles. The number of nitrogens with one attached hydrogen (secondary N) is 2. The van der Waals surface area contributed by atoms with Crippen LogP contribution in [0.1, 0.15) is 83.8 Å². The topological polar surface area (TPSA) is 163 Å². The number of ether oxygens (including phenoxy) is 3. The van der Waals surface area contributed by atoms with Gasteiger partial charge >= 0.3 is 0 Å². The van der Waals surface area contributed by atoms with Gasteiger partial charge in [-0.3, -0.25) is 19.2 Å². The Kier molecular flexibility index (Phi) is 14.9. The van der Waals surface area contributed by atoms with Crippen LogP contribution in [0, 0.1) is 12.8 Å². The fourth-order valence-corrected chi connectivity index (χ4v) is 11.5. The second kappa shape index (κ2) is 22.0. The molecule has 14 nitrogen and oxygen atoms in total. The number of aryl methyl sites for hydroxylation is 1. The molecule has 3 fully saturated rings. The zero-order valence-electron chi connectivity index (χ0n) is 41.4. The van der Waals surface area contributed by atoms with E-state index >= 15 is 0 Å². The first-order valence-electron chi connectivity index (χ1n) is 25.4. The summed E-state index contributed by atoms with van der Waals surface area (Å²) in [6, 6.07) is 36.7. The summed E-state index contributed by atoms with van der Waals surface area (Å²) >= 11 is 1.60. The van der Waals surface area contributed by atoms with E-state index in [1.54, 1.807) is 28.4 Å². The molecule has 1 aromatic heterocycles. The smallest absolute Gasteiger partial charge is 0.255 e. The van der Waals surface area contributed by atoms with E-state index in [-0.39, 0.29) is 55.6 Å². The summed E-state index contributed by atoms with van der Waals surface area (Å²) < 4.78 is 18.4. The van der Waals surface area contributed by atoms with Gasteiger partial charge in [-0.25, -0.2) is 4.98 Å². The summed E-state index contributed by atoms with van der Waals surface area (Å²) in [5.74, 6) is 0.912. The number of para-hydroxylation sites is 1. The molecule has 6 aromatic rings. The van der Waals surface area contributed by atoms with Crippen LogP contribution in [0.25, 0.3) is 10.4 Å². The summed E-state index contributed by atoms with van der Waals surface area (Å²) in [4.78, 5) is 67.4. The van der Waals surface area contributed by atoms with E-state index < -0.39 is 30.3 Å². The fraction of sp³-hybridized carbons (Fsp3) is 0.362. The Morgan fingerprint density at radius 1 is 0.795 bits per heavy atom. The predicted octanol–water partition coefficient (Wildman–Crippen LogP) is 8.41. The third kappa shape index (κ3) is 11.1. The molecule has 5 atom stereocenters. The highest BCUT2D eigenvalue weighted by Crippen LogP contribution is 2.36. The van der Waals surface area contributed by atoms with Crippen LogP contribution in [0.15, 0.2) is 127 Å². The number of amides is 4. The van der Waals surface area contributed by atoms with Crippen molar-refractivity contribution < 1.29 is 38.5 Å². The van der Waals surface area contributed by atoms with Crippen LogP contribution in [0.3, 0.4) is 0 Å². The highest BCUT2D eigenvalue weighted by Gasteiger charge is 2.46. The summed E-state index contributed by atoms with van der Waals surface area (Å²) in [5.41, 5.74) is 9.09. The molecule has 5 aromatic carbocycles. The van der Waals surface area contributed by atoms with Gasteiger partial charge in [-0.1, -0.05) is 86.6 Å². The van der Waals surface area contributed by atoms with Gasteiger partial charge in [0.25, 0.3) is 5.91 Å². The van der Waals surface area contributed by atoms with Crippen LogP contribution in [-0.2, 0) is 38.8 Å². The molecule has 0 aliphatic carbocycles. The van der Waals surface area contributed by atoms with Crippen LogP contribution in [0.5, 0.6) is 17.2 Å². The number of β-amino-alcohol motifs (C(OH)–C–C–N with tert-alkyl or cyclic N) is 1. The zero-order chi connectivity index (χ0) is 50.6. The lowest BCUT2D eigenvalue weighted by Gasteiger charge is -2.35. The Morgan fingerprint density at radius 2 is 1.49 bits per heavy atom. The minimum atomic E-state index is -0.883. The van der Waals surface area contributed by atoms with Gasteiger partial charge in [-0.05, 0) is 102 Å². The maximum absolute atomic E-state index is 14.6. The van der Waals surface area contributed by atoms with Crippen molar-refractivity contribution in [3.8, 4) is 27.7 Å². The van der Waals surface area contributed by atoms with Gasteiger partial charge in [-0.2, -0.15) is 0 Å². The predicted molar refractivity (Wildman–Crippen MR) is 279 cm³/mol. The van der Waals surface area contributed by atoms with Crippen molar-refractivity contribution in [2.24, 2.45) is 5.92 Å². The van der Waals surface area contributed by atoms with E-state index in [1.165, 1.54) is 10.5 Å². The van der Waals surface area contributed by atoms with E-state index in [4.69, 9.17) is 14.2 Å². The van der Waals surface area contributed by atoms with Gasteiger partial charge < -0.3 is 44.7 Å². The number of rotatable bonds is 16. The summed E-state index contributed by atoms with van der Waals surface area (Å²) in [6.45, 7) is 8.50. The van der Waals surface area contributed by atoms with Crippen molar-refractivity contribution in [2.45, 2.75) is 102 Å². The fourth-order valence-electron chi connectivity index (χ4n) is 10.7. The van der Waals surface area contributed by atoms with Crippen LogP contribution in [0.4, 0.5) is 5.69 Å². The van der Waals surface area contributed by atoms with Crippen LogP contribution < -0.4 is 25.0 Å². The molecule has 73 heavy (non-hydrogen) atoms. The maximum atomic E-state index is 14.6. The van der Waals surface area contributed by atoms with Crippen molar-refractivity contribution in [1.82, 2.24) is 25.4 Å². The Hall–Kier alpha value is -7.07. The molecule has 0 radical (unpaired) electrons. The SMILES string of the molecule is Cc1ncsc1-c1ccc(CNC(=O)[C@@H]2C[C@@H](Oc3ccc4c(c3)CN([C@H](C(=O)N3C[C@H](O)C[C@H]3C(=O)NCc3ccc(C5CCOCC5)cc3)C(C)C)C4=O)CN2c2cccc(Oc3ccccc3)c2)cc1. The number of fused-ring (bicyclic) bond motifs is 1. The van der Waals surface area contributed by atoms with Crippen molar-refractivity contribution in [3.05, 3.63) is 160 Å². The molecule has 0 spiro atoms. The largest absolute Gasteiger partial charge is 0.488 e. The molecule has 378 valence electrons. The molecule has 15 heteroatoms. The molecule has 0 unspecified atom stereocenters. The quantitative estimate of drug-likeness (QED) is 0.0859. The van der Waals surface area contributed by atoms with Crippen LogP contribution >= 0.6 is 11.3 Å². The van der Waals surface area contributed by atoms with Crippen molar-refractivity contribution >= 4 is 40.7 Å². The molecule has 3 N–H and O–H groups in total. The Balaban J connectivity index is 0.809. The van der Waals surface area contributed by atoms with E-state index in [0.29, 0.717) is 53.8 Å². The second-order valence-electron chi connectivity index (χ2n) is 19.9. The second-order valence-corrected chi connectivity index (χ2v) is 20.8.